The number of alkyl halides is 3. The van der Waals surface area contributed by atoms with Crippen molar-refractivity contribution in [1.29, 1.82) is 0 Å². The van der Waals surface area contributed by atoms with E-state index in [0.29, 0.717) is 41.9 Å². The summed E-state index contributed by atoms with van der Waals surface area (Å²) in [4.78, 5) is 36.9. The summed E-state index contributed by atoms with van der Waals surface area (Å²) in [6.45, 7) is 5.47. The molecule has 0 radical (unpaired) electrons. The summed E-state index contributed by atoms with van der Waals surface area (Å²) < 4.78 is 70.5. The number of aromatic nitrogens is 5. The van der Waals surface area contributed by atoms with Gasteiger partial charge in [-0.15, -0.1) is 0 Å². The van der Waals surface area contributed by atoms with Crippen molar-refractivity contribution < 1.29 is 26.4 Å². The second-order valence-electron chi connectivity index (χ2n) is 12.1. The molecule has 46 heavy (non-hydrogen) atoms. The molecule has 1 aliphatic heterocycles. The average molecular weight is 678 g/mol. The number of hydrogen-bond acceptors (Lipinski definition) is 7. The first-order valence-corrected chi connectivity index (χ1v) is 16.4. The van der Waals surface area contributed by atoms with Crippen LogP contribution in [0.15, 0.2) is 40.3 Å². The van der Waals surface area contributed by atoms with E-state index in [9.17, 15) is 31.2 Å². The fraction of sp³-hybridized carbons (Fsp3) is 0.433. The second kappa shape index (κ2) is 11.2. The van der Waals surface area contributed by atoms with Crippen LogP contribution in [0.3, 0.4) is 0 Å². The Morgan fingerprint density at radius 2 is 1.80 bits per heavy atom. The van der Waals surface area contributed by atoms with Gasteiger partial charge in [0.05, 0.1) is 27.7 Å². The fourth-order valence-corrected chi connectivity index (χ4v) is 8.40. The van der Waals surface area contributed by atoms with Crippen LogP contribution in [0.2, 0.25) is 5.02 Å². The number of sulfonamides is 1. The van der Waals surface area contributed by atoms with Crippen molar-refractivity contribution in [3.63, 3.8) is 0 Å². The number of carbonyl (C=O) groups is 1. The zero-order chi connectivity index (χ0) is 33.3. The molecule has 1 unspecified atom stereocenters. The van der Waals surface area contributed by atoms with E-state index >= 15 is 0 Å². The van der Waals surface area contributed by atoms with Crippen molar-refractivity contribution in [2.75, 3.05) is 18.4 Å². The van der Waals surface area contributed by atoms with Gasteiger partial charge in [-0.05, 0) is 63.3 Å². The van der Waals surface area contributed by atoms with E-state index in [4.69, 9.17) is 11.6 Å². The molecule has 1 spiro atoms. The van der Waals surface area contributed by atoms with Gasteiger partial charge in [-0.25, -0.2) is 18.4 Å². The Kier molecular flexibility index (Phi) is 7.80. The molecule has 2 aliphatic rings. The van der Waals surface area contributed by atoms with Crippen molar-refractivity contribution in [3.8, 4) is 0 Å². The molecule has 244 valence electrons. The molecular weight excluding hydrogens is 647 g/mol. The molecule has 1 N–H and O–H groups in total. The van der Waals surface area contributed by atoms with Crippen LogP contribution in [0, 0.1) is 13.8 Å². The topological polar surface area (TPSA) is 132 Å². The summed E-state index contributed by atoms with van der Waals surface area (Å²) >= 11 is 6.10. The van der Waals surface area contributed by atoms with Crippen molar-refractivity contribution in [2.45, 2.75) is 69.1 Å². The lowest BCUT2D eigenvalue weighted by Crippen LogP contribution is -2.46. The summed E-state index contributed by atoms with van der Waals surface area (Å²) in [7, 11) is -2.19. The van der Waals surface area contributed by atoms with Gasteiger partial charge >= 0.3 is 6.18 Å². The van der Waals surface area contributed by atoms with Gasteiger partial charge in [-0.1, -0.05) is 18.5 Å². The van der Waals surface area contributed by atoms with E-state index in [2.05, 4.69) is 20.4 Å². The molecule has 1 amide bonds. The first kappa shape index (κ1) is 32.1. The maximum atomic E-state index is 14.2. The Hall–Kier alpha value is -3.82. The van der Waals surface area contributed by atoms with Crippen LogP contribution in [0.5, 0.6) is 0 Å². The second-order valence-corrected chi connectivity index (χ2v) is 14.4. The van der Waals surface area contributed by atoms with Crippen LogP contribution in [-0.4, -0.2) is 56.0 Å². The fourth-order valence-electron chi connectivity index (χ4n) is 6.78. The molecule has 6 rings (SSSR count). The predicted molar refractivity (Wildman–Crippen MR) is 164 cm³/mol. The van der Waals surface area contributed by atoms with E-state index < -0.39 is 33.1 Å². The van der Waals surface area contributed by atoms with Crippen molar-refractivity contribution in [2.24, 2.45) is 7.05 Å². The summed E-state index contributed by atoms with van der Waals surface area (Å²) in [5, 5.41) is 6.35. The minimum absolute atomic E-state index is 0.00535. The van der Waals surface area contributed by atoms with Gasteiger partial charge in [0.25, 0.3) is 10.0 Å². The minimum Gasteiger partial charge on any atom is -0.323 e. The van der Waals surface area contributed by atoms with E-state index in [1.54, 1.807) is 31.7 Å². The molecule has 0 saturated carbocycles. The van der Waals surface area contributed by atoms with Crippen LogP contribution in [-0.2, 0) is 40.0 Å². The number of halogens is 4. The summed E-state index contributed by atoms with van der Waals surface area (Å²) in [5.41, 5.74) is 0.654. The predicted octanol–water partition coefficient (Wildman–Crippen LogP) is 4.68. The number of anilines is 1. The minimum atomic E-state index is -4.60. The summed E-state index contributed by atoms with van der Waals surface area (Å²) in [5.74, 6) is -0.782. The van der Waals surface area contributed by atoms with Gasteiger partial charge in [0.2, 0.25) is 11.3 Å². The highest BCUT2D eigenvalue weighted by molar-refractivity contribution is 7.89. The van der Waals surface area contributed by atoms with Gasteiger partial charge in [0, 0.05) is 43.0 Å². The zero-order valence-corrected chi connectivity index (χ0v) is 27.0. The first-order chi connectivity index (χ1) is 21.5. The van der Waals surface area contributed by atoms with Gasteiger partial charge in [-0.2, -0.15) is 22.6 Å². The Balaban J connectivity index is 1.39. The lowest BCUT2D eigenvalue weighted by Gasteiger charge is -2.39. The lowest BCUT2D eigenvalue weighted by molar-refractivity contribution is -0.137. The quantitative estimate of drug-likeness (QED) is 0.324. The third-order valence-electron chi connectivity index (χ3n) is 9.07. The average Bonchev–Trinajstić information content (AvgIpc) is 3.54. The van der Waals surface area contributed by atoms with E-state index in [1.165, 1.54) is 15.1 Å². The van der Waals surface area contributed by atoms with E-state index in [-0.39, 0.29) is 57.9 Å². The molecule has 4 aromatic rings. The molecule has 3 aromatic heterocycles. The number of amides is 1. The van der Waals surface area contributed by atoms with E-state index in [0.717, 1.165) is 18.2 Å². The Morgan fingerprint density at radius 1 is 1.13 bits per heavy atom. The Morgan fingerprint density at radius 3 is 2.41 bits per heavy atom. The highest BCUT2D eigenvalue weighted by Crippen LogP contribution is 2.51. The number of carbonyl (C=O) groups excluding carboxylic acids is 1. The third-order valence-corrected chi connectivity index (χ3v) is 11.2. The standard InChI is InChI=1S/C30H31ClF3N7O4S/c1-16-14-29(8-11-40(12-9-29)46(44,45)23-7-10-39(4)38-23)24-26(16)41(28-25(27(24)43)35-17(2)18(3)36-28)15-22(42)37-21-6-5-19(13-20(21)31)30(32,33)34/h5-7,10,13,16H,8-9,11-12,14-15H2,1-4H3,(H,37,42). The monoisotopic (exact) mass is 677 g/mol. The number of hydrogen-bond donors (Lipinski definition) is 1. The molecule has 1 saturated heterocycles. The highest BCUT2D eigenvalue weighted by atomic mass is 35.5. The number of rotatable bonds is 5. The number of benzene rings is 1. The maximum Gasteiger partial charge on any atom is 0.416 e. The molecular formula is C30H31ClF3N7O4S. The number of fused-ring (bicyclic) bond motifs is 3. The number of piperidine rings is 1. The molecule has 16 heteroatoms. The van der Waals surface area contributed by atoms with Gasteiger partial charge < -0.3 is 9.88 Å². The summed E-state index contributed by atoms with van der Waals surface area (Å²) in [6, 6.07) is 4.11. The zero-order valence-electron chi connectivity index (χ0n) is 25.4. The van der Waals surface area contributed by atoms with Crippen molar-refractivity contribution >= 4 is 44.4 Å². The van der Waals surface area contributed by atoms with Crippen molar-refractivity contribution in [3.05, 3.63) is 73.9 Å². The number of nitrogens with one attached hydrogen (secondary N) is 1. The number of pyridine rings is 1. The van der Waals surface area contributed by atoms with Crippen LogP contribution < -0.4 is 10.7 Å². The molecule has 1 atom stereocenters. The van der Waals surface area contributed by atoms with Crippen LogP contribution in [0.4, 0.5) is 18.9 Å². The SMILES string of the molecule is Cc1nc2c(=O)c3c(n(CC(=O)Nc4ccc(C(F)(F)F)cc4Cl)c2nc1C)C(C)CC31CCN(S(=O)(=O)c2ccn(C)n2)CC1. The first-order valence-electron chi connectivity index (χ1n) is 14.6. The normalized spacial score (nSPS) is 18.3. The number of nitrogens with zero attached hydrogens (tertiary/aromatic N) is 6. The van der Waals surface area contributed by atoms with Gasteiger partial charge in [0.1, 0.15) is 6.54 Å². The van der Waals surface area contributed by atoms with E-state index in [1.807, 2.05) is 6.92 Å². The highest BCUT2D eigenvalue weighted by Gasteiger charge is 2.49. The lowest BCUT2D eigenvalue weighted by atomic mass is 9.74. The molecule has 11 nitrogen and oxygen atoms in total. The summed E-state index contributed by atoms with van der Waals surface area (Å²) in [6.07, 6.45) is -1.73. The van der Waals surface area contributed by atoms with Crippen LogP contribution >= 0.6 is 11.6 Å². The third kappa shape index (κ3) is 5.37. The largest absolute Gasteiger partial charge is 0.416 e. The Bertz CT molecular complexity index is 2070. The van der Waals surface area contributed by atoms with Crippen molar-refractivity contribution in [1.82, 2.24) is 28.6 Å². The van der Waals surface area contributed by atoms with Crippen LogP contribution in [0.1, 0.15) is 60.3 Å². The molecule has 4 heterocycles. The van der Waals surface area contributed by atoms with Gasteiger partial charge in [0.15, 0.2) is 16.2 Å². The van der Waals surface area contributed by atoms with Crippen LogP contribution in [0.25, 0.3) is 11.2 Å². The maximum absolute atomic E-state index is 14.2. The Labute approximate surface area is 267 Å². The molecule has 1 fully saturated rings. The van der Waals surface area contributed by atoms with Gasteiger partial charge in [-0.3, -0.25) is 14.3 Å². The number of aryl methyl sites for hydroxylation is 3. The smallest absolute Gasteiger partial charge is 0.323 e. The molecule has 1 aromatic carbocycles. The molecule has 0 bridgehead atoms. The molecule has 1 aliphatic carbocycles.